The molecular formula is C9H14N2O. The molecule has 0 unspecified atom stereocenters. The van der Waals surface area contributed by atoms with Crippen LogP contribution in [0.2, 0.25) is 0 Å². The molecule has 1 rings (SSSR count). The number of aryl methyl sites for hydroxylation is 1. The van der Waals surface area contributed by atoms with E-state index in [1.165, 1.54) is 5.56 Å². The number of hydrogen-bond donors (Lipinski definition) is 2. The summed E-state index contributed by atoms with van der Waals surface area (Å²) in [4.78, 5) is 0. The number of nitrogen functional groups attached to an aromatic ring is 1. The summed E-state index contributed by atoms with van der Waals surface area (Å²) in [7, 11) is 1.66. The molecule has 1 aromatic rings. The predicted molar refractivity (Wildman–Crippen MR) is 50.2 cm³/mol. The second-order valence-corrected chi connectivity index (χ2v) is 2.52. The summed E-state index contributed by atoms with van der Waals surface area (Å²) in [5, 5.41) is 0. The van der Waals surface area contributed by atoms with Gasteiger partial charge in [0, 0.05) is 6.07 Å². The van der Waals surface area contributed by atoms with Crippen LogP contribution in [0.3, 0.4) is 0 Å². The van der Waals surface area contributed by atoms with E-state index in [1.807, 2.05) is 18.2 Å². The minimum absolute atomic E-state index is 0.865. The first kappa shape index (κ1) is 8.87. The fourth-order valence-corrected chi connectivity index (χ4v) is 1.13. The average Bonchev–Trinajstić information content (AvgIpc) is 2.16. The fourth-order valence-electron chi connectivity index (χ4n) is 1.13. The van der Waals surface area contributed by atoms with Crippen LogP contribution in [0.15, 0.2) is 18.2 Å². The molecule has 0 fully saturated rings. The SMILES string of the molecule is CCc1ccc(NN)cc1OC. The number of anilines is 1. The highest BCUT2D eigenvalue weighted by atomic mass is 16.5. The first-order valence-corrected chi connectivity index (χ1v) is 3.95. The van der Waals surface area contributed by atoms with Gasteiger partial charge in [-0.1, -0.05) is 13.0 Å². The van der Waals surface area contributed by atoms with Gasteiger partial charge in [0.25, 0.3) is 0 Å². The molecule has 0 saturated carbocycles. The number of hydrazine groups is 1. The molecule has 3 heteroatoms. The second-order valence-electron chi connectivity index (χ2n) is 2.52. The first-order chi connectivity index (χ1) is 5.81. The molecule has 3 nitrogen and oxygen atoms in total. The van der Waals surface area contributed by atoms with E-state index in [0.717, 1.165) is 17.9 Å². The molecule has 12 heavy (non-hydrogen) atoms. The maximum absolute atomic E-state index is 5.26. The number of benzene rings is 1. The average molecular weight is 166 g/mol. The lowest BCUT2D eigenvalue weighted by Gasteiger charge is -2.08. The van der Waals surface area contributed by atoms with Crippen LogP contribution in [0.5, 0.6) is 5.75 Å². The number of nitrogens with two attached hydrogens (primary N) is 1. The summed E-state index contributed by atoms with van der Waals surface area (Å²) < 4.78 is 5.18. The van der Waals surface area contributed by atoms with Crippen LogP contribution in [0, 0.1) is 0 Å². The van der Waals surface area contributed by atoms with Gasteiger partial charge in [0.1, 0.15) is 5.75 Å². The summed E-state index contributed by atoms with van der Waals surface area (Å²) in [5.41, 5.74) is 4.63. The Bertz CT molecular complexity index is 261. The van der Waals surface area contributed by atoms with E-state index in [4.69, 9.17) is 10.6 Å². The van der Waals surface area contributed by atoms with E-state index in [0.29, 0.717) is 0 Å². The molecule has 0 spiro atoms. The molecule has 66 valence electrons. The lowest BCUT2D eigenvalue weighted by molar-refractivity contribution is 0.410. The number of methoxy groups -OCH3 is 1. The zero-order chi connectivity index (χ0) is 8.97. The van der Waals surface area contributed by atoms with E-state index in [9.17, 15) is 0 Å². The number of rotatable bonds is 3. The molecule has 0 aliphatic rings. The number of nitrogens with one attached hydrogen (secondary N) is 1. The quantitative estimate of drug-likeness (QED) is 0.529. The molecule has 0 aliphatic carbocycles. The van der Waals surface area contributed by atoms with Crippen molar-refractivity contribution in [3.05, 3.63) is 23.8 Å². The Morgan fingerprint density at radius 3 is 2.75 bits per heavy atom. The van der Waals surface area contributed by atoms with Crippen molar-refractivity contribution in [1.29, 1.82) is 0 Å². The molecule has 0 bridgehead atoms. The van der Waals surface area contributed by atoms with Crippen molar-refractivity contribution in [2.75, 3.05) is 12.5 Å². The highest BCUT2D eigenvalue weighted by Crippen LogP contribution is 2.22. The zero-order valence-electron chi connectivity index (χ0n) is 7.42. The third kappa shape index (κ3) is 1.68. The molecule has 1 aromatic carbocycles. The Morgan fingerprint density at radius 1 is 1.50 bits per heavy atom. The van der Waals surface area contributed by atoms with Gasteiger partial charge >= 0.3 is 0 Å². The molecular weight excluding hydrogens is 152 g/mol. The van der Waals surface area contributed by atoms with E-state index in [2.05, 4.69) is 12.3 Å². The Balaban J connectivity index is 3.02. The van der Waals surface area contributed by atoms with Crippen molar-refractivity contribution in [3.63, 3.8) is 0 Å². The van der Waals surface area contributed by atoms with Crippen LogP contribution in [0.4, 0.5) is 5.69 Å². The summed E-state index contributed by atoms with van der Waals surface area (Å²) in [6.07, 6.45) is 0.966. The molecule has 0 amide bonds. The third-order valence-electron chi connectivity index (χ3n) is 1.83. The number of ether oxygens (including phenoxy) is 1. The highest BCUT2D eigenvalue weighted by molar-refractivity contribution is 5.51. The van der Waals surface area contributed by atoms with Gasteiger partial charge in [-0.3, -0.25) is 5.84 Å². The summed E-state index contributed by atoms with van der Waals surface area (Å²) in [5.74, 6) is 6.14. The van der Waals surface area contributed by atoms with Crippen LogP contribution in [-0.4, -0.2) is 7.11 Å². The van der Waals surface area contributed by atoms with Crippen LogP contribution < -0.4 is 16.0 Å². The molecule has 0 heterocycles. The molecule has 3 N–H and O–H groups in total. The van der Waals surface area contributed by atoms with Crippen molar-refractivity contribution in [2.24, 2.45) is 5.84 Å². The largest absolute Gasteiger partial charge is 0.496 e. The topological polar surface area (TPSA) is 47.3 Å². The Kier molecular flexibility index (Phi) is 2.94. The smallest absolute Gasteiger partial charge is 0.124 e. The standard InChI is InChI=1S/C9H14N2O/c1-3-7-4-5-8(11-10)6-9(7)12-2/h4-6,11H,3,10H2,1-2H3. The Labute approximate surface area is 72.5 Å². The highest BCUT2D eigenvalue weighted by Gasteiger charge is 2.00. The molecule has 0 radical (unpaired) electrons. The predicted octanol–water partition coefficient (Wildman–Crippen LogP) is 1.54. The lowest BCUT2D eigenvalue weighted by Crippen LogP contribution is -2.06. The lowest BCUT2D eigenvalue weighted by atomic mass is 10.1. The molecule has 0 aliphatic heterocycles. The van der Waals surface area contributed by atoms with Gasteiger partial charge in [0.15, 0.2) is 0 Å². The van der Waals surface area contributed by atoms with E-state index in [1.54, 1.807) is 7.11 Å². The van der Waals surface area contributed by atoms with Crippen LogP contribution >= 0.6 is 0 Å². The van der Waals surface area contributed by atoms with Crippen molar-refractivity contribution in [3.8, 4) is 5.75 Å². The maximum atomic E-state index is 5.26. The van der Waals surface area contributed by atoms with E-state index < -0.39 is 0 Å². The minimum atomic E-state index is 0.865. The van der Waals surface area contributed by atoms with Gasteiger partial charge in [0.2, 0.25) is 0 Å². The zero-order valence-corrected chi connectivity index (χ0v) is 7.42. The van der Waals surface area contributed by atoms with Gasteiger partial charge in [-0.05, 0) is 18.1 Å². The van der Waals surface area contributed by atoms with Crippen molar-refractivity contribution in [1.82, 2.24) is 0 Å². The second kappa shape index (κ2) is 3.97. The normalized spacial score (nSPS) is 9.58. The van der Waals surface area contributed by atoms with Crippen molar-refractivity contribution in [2.45, 2.75) is 13.3 Å². The summed E-state index contributed by atoms with van der Waals surface area (Å²) in [6.45, 7) is 2.09. The van der Waals surface area contributed by atoms with E-state index >= 15 is 0 Å². The monoisotopic (exact) mass is 166 g/mol. The Morgan fingerprint density at radius 2 is 2.25 bits per heavy atom. The van der Waals surface area contributed by atoms with Crippen molar-refractivity contribution >= 4 is 5.69 Å². The minimum Gasteiger partial charge on any atom is -0.496 e. The third-order valence-corrected chi connectivity index (χ3v) is 1.83. The van der Waals surface area contributed by atoms with Gasteiger partial charge in [-0.15, -0.1) is 0 Å². The fraction of sp³-hybridized carbons (Fsp3) is 0.333. The van der Waals surface area contributed by atoms with Crippen LogP contribution in [0.1, 0.15) is 12.5 Å². The van der Waals surface area contributed by atoms with Crippen LogP contribution in [0.25, 0.3) is 0 Å². The van der Waals surface area contributed by atoms with Gasteiger partial charge in [0.05, 0.1) is 12.8 Å². The number of hydrogen-bond acceptors (Lipinski definition) is 3. The van der Waals surface area contributed by atoms with Gasteiger partial charge in [-0.25, -0.2) is 0 Å². The summed E-state index contributed by atoms with van der Waals surface area (Å²) in [6, 6.07) is 5.83. The molecule has 0 saturated heterocycles. The first-order valence-electron chi connectivity index (χ1n) is 3.95. The van der Waals surface area contributed by atoms with Gasteiger partial charge in [-0.2, -0.15) is 0 Å². The molecule has 0 aromatic heterocycles. The maximum Gasteiger partial charge on any atom is 0.124 e. The molecule has 0 atom stereocenters. The summed E-state index contributed by atoms with van der Waals surface area (Å²) >= 11 is 0. The Hall–Kier alpha value is -1.22. The van der Waals surface area contributed by atoms with Gasteiger partial charge < -0.3 is 10.2 Å². The van der Waals surface area contributed by atoms with Crippen molar-refractivity contribution < 1.29 is 4.74 Å². The van der Waals surface area contributed by atoms with E-state index in [-0.39, 0.29) is 0 Å². The van der Waals surface area contributed by atoms with Crippen LogP contribution in [-0.2, 0) is 6.42 Å².